The van der Waals surface area contributed by atoms with Crippen molar-refractivity contribution < 1.29 is 17.6 Å². The number of thioether (sulfide) groups is 1. The lowest BCUT2D eigenvalue weighted by Crippen LogP contribution is -2.43. The maximum absolute atomic E-state index is 13.6. The summed E-state index contributed by atoms with van der Waals surface area (Å²) in [7, 11) is -3.57. The molecule has 0 spiro atoms. The van der Waals surface area contributed by atoms with Crippen LogP contribution in [0.3, 0.4) is 0 Å². The fourth-order valence-corrected chi connectivity index (χ4v) is 5.24. The Bertz CT molecular complexity index is 969. The van der Waals surface area contributed by atoms with E-state index in [1.165, 1.54) is 12.1 Å². The molecule has 0 saturated heterocycles. The third kappa shape index (κ3) is 3.28. The lowest BCUT2D eigenvalue weighted by Gasteiger charge is -2.30. The van der Waals surface area contributed by atoms with Gasteiger partial charge in [0, 0.05) is 23.4 Å². The number of fused-ring (bicyclic) bond motifs is 2. The van der Waals surface area contributed by atoms with E-state index >= 15 is 0 Å². The largest absolute Gasteiger partial charge is 0.345 e. The van der Waals surface area contributed by atoms with Crippen molar-refractivity contribution in [3.63, 3.8) is 0 Å². The number of rotatable bonds is 2. The van der Waals surface area contributed by atoms with Crippen LogP contribution < -0.4 is 5.32 Å². The molecule has 26 heavy (non-hydrogen) atoms. The molecule has 3 heterocycles. The molecule has 1 aromatic rings. The summed E-state index contributed by atoms with van der Waals surface area (Å²) in [5.74, 6) is 0.106. The van der Waals surface area contributed by atoms with Crippen molar-refractivity contribution in [3.05, 3.63) is 53.5 Å². The molecule has 1 atom stereocenters. The zero-order valence-corrected chi connectivity index (χ0v) is 15.3. The lowest BCUT2D eigenvalue weighted by molar-refractivity contribution is -0.117. The fourth-order valence-electron chi connectivity index (χ4n) is 3.14. The van der Waals surface area contributed by atoms with E-state index in [2.05, 4.69) is 9.71 Å². The number of nitrogens with zero attached hydrogens (tertiary/aromatic N) is 2. The fraction of sp³-hybridized carbons (Fsp3) is 0.294. The van der Waals surface area contributed by atoms with Crippen molar-refractivity contribution in [2.45, 2.75) is 17.4 Å². The minimum atomic E-state index is -3.57. The van der Waals surface area contributed by atoms with Gasteiger partial charge >= 0.3 is 0 Å². The highest BCUT2D eigenvalue weighted by Crippen LogP contribution is 2.36. The molecule has 1 amide bonds. The van der Waals surface area contributed by atoms with E-state index in [0.29, 0.717) is 6.42 Å². The van der Waals surface area contributed by atoms with Crippen LogP contribution in [-0.2, 0) is 14.8 Å². The highest BCUT2D eigenvalue weighted by molar-refractivity contribution is 7.99. The molecule has 0 radical (unpaired) electrons. The maximum Gasteiger partial charge on any atom is 0.256 e. The number of sulfonamides is 1. The van der Waals surface area contributed by atoms with Crippen molar-refractivity contribution in [1.82, 2.24) is 10.2 Å². The summed E-state index contributed by atoms with van der Waals surface area (Å²) in [6.07, 6.45) is 5.61. The molecule has 0 bridgehead atoms. The van der Waals surface area contributed by atoms with Crippen LogP contribution in [0.15, 0.2) is 51.4 Å². The molecule has 0 saturated carbocycles. The van der Waals surface area contributed by atoms with Gasteiger partial charge < -0.3 is 10.2 Å². The first-order chi connectivity index (χ1) is 12.4. The minimum Gasteiger partial charge on any atom is -0.345 e. The molecular formula is C17H16FN3O3S2. The predicted molar refractivity (Wildman–Crippen MR) is 97.8 cm³/mol. The Balaban J connectivity index is 1.62. The summed E-state index contributed by atoms with van der Waals surface area (Å²) >= 11 is 1.63. The van der Waals surface area contributed by atoms with Crippen LogP contribution in [0, 0.1) is 5.82 Å². The topological polar surface area (TPSA) is 78.8 Å². The summed E-state index contributed by atoms with van der Waals surface area (Å²) < 4.78 is 41.0. The van der Waals surface area contributed by atoms with E-state index in [-0.39, 0.29) is 35.6 Å². The zero-order chi connectivity index (χ0) is 18.3. The van der Waals surface area contributed by atoms with Gasteiger partial charge in [0.25, 0.3) is 15.9 Å². The normalized spacial score (nSPS) is 23.4. The van der Waals surface area contributed by atoms with Crippen LogP contribution in [0.1, 0.15) is 18.0 Å². The summed E-state index contributed by atoms with van der Waals surface area (Å²) in [5.41, 5.74) is 0.948. The number of hydrogen-bond acceptors (Lipinski definition) is 5. The second kappa shape index (κ2) is 6.55. The van der Waals surface area contributed by atoms with Crippen molar-refractivity contribution in [3.8, 4) is 0 Å². The van der Waals surface area contributed by atoms with E-state index in [0.717, 1.165) is 16.2 Å². The first-order valence-corrected chi connectivity index (χ1v) is 10.7. The summed E-state index contributed by atoms with van der Waals surface area (Å²) in [6.45, 7) is 0.260. The predicted octanol–water partition coefficient (Wildman–Crippen LogP) is 1.98. The lowest BCUT2D eigenvalue weighted by atomic mass is 10.0. The molecule has 3 aliphatic heterocycles. The number of benzene rings is 1. The SMILES string of the molecule is O=C(N[C@@H]1CCSc2ccc(F)cc21)C1=CC=CN2CCS(=O)(=O)N=C12. The Morgan fingerprint density at radius 2 is 2.23 bits per heavy atom. The number of amides is 1. The molecular weight excluding hydrogens is 377 g/mol. The van der Waals surface area contributed by atoms with Gasteiger partial charge in [-0.25, -0.2) is 12.8 Å². The van der Waals surface area contributed by atoms with Crippen LogP contribution in [0.2, 0.25) is 0 Å². The number of amidine groups is 1. The first kappa shape index (κ1) is 17.3. The van der Waals surface area contributed by atoms with Gasteiger partial charge in [-0.1, -0.05) is 0 Å². The smallest absolute Gasteiger partial charge is 0.256 e. The monoisotopic (exact) mass is 393 g/mol. The van der Waals surface area contributed by atoms with Gasteiger partial charge in [-0.3, -0.25) is 4.79 Å². The number of carbonyl (C=O) groups is 1. The van der Waals surface area contributed by atoms with Gasteiger partial charge in [-0.15, -0.1) is 16.2 Å². The van der Waals surface area contributed by atoms with E-state index in [9.17, 15) is 17.6 Å². The van der Waals surface area contributed by atoms with Gasteiger partial charge in [0.2, 0.25) is 0 Å². The van der Waals surface area contributed by atoms with Crippen LogP contribution in [0.25, 0.3) is 0 Å². The van der Waals surface area contributed by atoms with Crippen LogP contribution >= 0.6 is 11.8 Å². The second-order valence-electron chi connectivity index (χ2n) is 6.16. The molecule has 3 aliphatic rings. The van der Waals surface area contributed by atoms with Gasteiger partial charge in [0.1, 0.15) is 5.82 Å². The number of nitrogens with one attached hydrogen (secondary N) is 1. The Kier molecular flexibility index (Phi) is 4.36. The van der Waals surface area contributed by atoms with Crippen LogP contribution in [0.4, 0.5) is 4.39 Å². The number of hydrogen-bond donors (Lipinski definition) is 1. The van der Waals surface area contributed by atoms with Crippen molar-refractivity contribution in [2.24, 2.45) is 4.40 Å². The maximum atomic E-state index is 13.6. The van der Waals surface area contributed by atoms with Crippen molar-refractivity contribution in [1.29, 1.82) is 0 Å². The summed E-state index contributed by atoms with van der Waals surface area (Å²) in [4.78, 5) is 15.4. The number of halogens is 1. The van der Waals surface area contributed by atoms with E-state index in [4.69, 9.17) is 0 Å². The highest BCUT2D eigenvalue weighted by Gasteiger charge is 2.31. The van der Waals surface area contributed by atoms with Crippen molar-refractivity contribution in [2.75, 3.05) is 18.1 Å². The third-order valence-corrected chi connectivity index (χ3v) is 6.69. The minimum absolute atomic E-state index is 0.0811. The van der Waals surface area contributed by atoms with E-state index < -0.39 is 15.9 Å². The van der Waals surface area contributed by atoms with Crippen molar-refractivity contribution >= 4 is 33.5 Å². The molecule has 1 aromatic carbocycles. The second-order valence-corrected chi connectivity index (χ2v) is 9.05. The molecule has 1 N–H and O–H groups in total. The molecule has 136 valence electrons. The molecule has 0 aromatic heterocycles. The average Bonchev–Trinajstić information content (AvgIpc) is 2.61. The van der Waals surface area contributed by atoms with Gasteiger partial charge in [0.15, 0.2) is 5.84 Å². The molecule has 9 heteroatoms. The zero-order valence-electron chi connectivity index (χ0n) is 13.7. The molecule has 0 aliphatic carbocycles. The number of allylic oxidation sites excluding steroid dienone is 2. The number of carbonyl (C=O) groups excluding carboxylic acids is 1. The standard InChI is InChI=1S/C17H16FN3O3S2/c18-11-3-4-15-13(10-11)14(5-8-25-15)19-17(22)12-2-1-6-21-7-9-26(23,24)20-16(12)21/h1-4,6,10,14H,5,7-9H2,(H,19,22)/t14-/m1/s1. The average molecular weight is 393 g/mol. The quantitative estimate of drug-likeness (QED) is 0.831. The van der Waals surface area contributed by atoms with Gasteiger partial charge in [0.05, 0.1) is 17.4 Å². The Labute approximate surface area is 154 Å². The molecule has 6 nitrogen and oxygen atoms in total. The van der Waals surface area contributed by atoms with Crippen LogP contribution in [0.5, 0.6) is 0 Å². The van der Waals surface area contributed by atoms with Gasteiger partial charge in [-0.05, 0) is 42.3 Å². The third-order valence-electron chi connectivity index (χ3n) is 4.42. The van der Waals surface area contributed by atoms with Gasteiger partial charge in [-0.2, -0.15) is 0 Å². The molecule has 0 unspecified atom stereocenters. The summed E-state index contributed by atoms with van der Waals surface area (Å²) in [6, 6.07) is 4.24. The Morgan fingerprint density at radius 1 is 1.38 bits per heavy atom. The highest BCUT2D eigenvalue weighted by atomic mass is 32.2. The van der Waals surface area contributed by atoms with Crippen LogP contribution in [-0.4, -0.2) is 43.1 Å². The van der Waals surface area contributed by atoms with E-state index in [1.54, 1.807) is 41.1 Å². The molecule has 0 fully saturated rings. The van der Waals surface area contributed by atoms with E-state index in [1.807, 2.05) is 0 Å². The Morgan fingerprint density at radius 3 is 3.08 bits per heavy atom. The summed E-state index contributed by atoms with van der Waals surface area (Å²) in [5, 5.41) is 2.91. The molecule has 4 rings (SSSR count). The first-order valence-electron chi connectivity index (χ1n) is 8.14. The Hall–Kier alpha value is -2.13.